The van der Waals surface area contributed by atoms with Crippen LogP contribution in [0.25, 0.3) is 0 Å². The van der Waals surface area contributed by atoms with Crippen LogP contribution in [0.1, 0.15) is 24.8 Å². The molecule has 1 atom stereocenters. The van der Waals surface area contributed by atoms with Gasteiger partial charge in [-0.25, -0.2) is 4.39 Å². The molecule has 0 aliphatic heterocycles. The van der Waals surface area contributed by atoms with Crippen LogP contribution in [0.3, 0.4) is 0 Å². The number of carboxylic acid groups (broad SMARTS) is 1. The van der Waals surface area contributed by atoms with Gasteiger partial charge in [0.05, 0.1) is 11.4 Å². The van der Waals surface area contributed by atoms with Gasteiger partial charge in [0.25, 0.3) is 0 Å². The summed E-state index contributed by atoms with van der Waals surface area (Å²) in [6.07, 6.45) is -0.0964. The summed E-state index contributed by atoms with van der Waals surface area (Å²) in [6.45, 7) is 1.67. The van der Waals surface area contributed by atoms with E-state index in [0.29, 0.717) is 5.56 Å². The van der Waals surface area contributed by atoms with Gasteiger partial charge in [0.2, 0.25) is 0 Å². The van der Waals surface area contributed by atoms with Gasteiger partial charge < -0.3 is 5.11 Å². The molecule has 1 unspecified atom stereocenters. The first kappa shape index (κ1) is 12.3. The van der Waals surface area contributed by atoms with E-state index >= 15 is 0 Å². The Bertz CT molecular complexity index is 393. The minimum Gasteiger partial charge on any atom is -0.481 e. The third-order valence-corrected chi connectivity index (χ3v) is 2.67. The highest BCUT2D eigenvalue weighted by Gasteiger charge is 2.15. The maximum atomic E-state index is 13.1. The van der Waals surface area contributed by atoms with Crippen LogP contribution >= 0.6 is 23.2 Å². The lowest BCUT2D eigenvalue weighted by atomic mass is 9.98. The smallest absolute Gasteiger partial charge is 0.303 e. The molecule has 1 aromatic carbocycles. The number of aliphatic carboxylic acids is 1. The van der Waals surface area contributed by atoms with Crippen molar-refractivity contribution in [3.8, 4) is 0 Å². The van der Waals surface area contributed by atoms with Crippen LogP contribution in [0.4, 0.5) is 4.39 Å². The Balaban J connectivity index is 3.03. The maximum Gasteiger partial charge on any atom is 0.303 e. The van der Waals surface area contributed by atoms with Crippen molar-refractivity contribution in [2.24, 2.45) is 0 Å². The predicted molar refractivity (Wildman–Crippen MR) is 57.1 cm³/mol. The fraction of sp³-hybridized carbons (Fsp3) is 0.300. The molecule has 0 aromatic heterocycles. The van der Waals surface area contributed by atoms with Gasteiger partial charge in [0.15, 0.2) is 0 Å². The van der Waals surface area contributed by atoms with Gasteiger partial charge in [-0.2, -0.15) is 0 Å². The van der Waals surface area contributed by atoms with E-state index in [1.54, 1.807) is 6.92 Å². The van der Waals surface area contributed by atoms with E-state index in [1.165, 1.54) is 12.1 Å². The number of rotatable bonds is 3. The molecule has 0 spiro atoms. The van der Waals surface area contributed by atoms with E-state index in [1.807, 2.05) is 0 Å². The Morgan fingerprint density at radius 3 is 2.60 bits per heavy atom. The molecular weight excluding hydrogens is 242 g/mol. The SMILES string of the molecule is CC(CC(=O)O)c1cc(F)c(Cl)cc1Cl. The van der Waals surface area contributed by atoms with E-state index in [4.69, 9.17) is 28.3 Å². The monoisotopic (exact) mass is 250 g/mol. The summed E-state index contributed by atoms with van der Waals surface area (Å²) in [5.41, 5.74) is 0.459. The van der Waals surface area contributed by atoms with Crippen LogP contribution in [0, 0.1) is 5.82 Å². The number of hydrogen-bond donors (Lipinski definition) is 1. The molecular formula is C10H9Cl2FO2. The van der Waals surface area contributed by atoms with Gasteiger partial charge in [-0.3, -0.25) is 4.79 Å². The van der Waals surface area contributed by atoms with Crippen molar-refractivity contribution in [2.75, 3.05) is 0 Å². The number of carboxylic acids is 1. The first-order chi connectivity index (χ1) is 6.91. The van der Waals surface area contributed by atoms with Crippen LogP contribution in [0.15, 0.2) is 12.1 Å². The summed E-state index contributed by atoms with van der Waals surface area (Å²) >= 11 is 11.4. The van der Waals surface area contributed by atoms with E-state index < -0.39 is 11.8 Å². The van der Waals surface area contributed by atoms with Crippen LogP contribution in [0.5, 0.6) is 0 Å². The second-order valence-corrected chi connectivity index (χ2v) is 4.10. The van der Waals surface area contributed by atoms with Crippen molar-refractivity contribution in [1.29, 1.82) is 0 Å². The van der Waals surface area contributed by atoms with Crippen LogP contribution in [-0.4, -0.2) is 11.1 Å². The molecule has 0 fully saturated rings. The normalized spacial score (nSPS) is 12.5. The summed E-state index contributed by atoms with van der Waals surface area (Å²) in [4.78, 5) is 10.5. The van der Waals surface area contributed by atoms with E-state index in [9.17, 15) is 9.18 Å². The van der Waals surface area contributed by atoms with Crippen LogP contribution in [0.2, 0.25) is 10.0 Å². The molecule has 0 aliphatic rings. The third-order valence-electron chi connectivity index (χ3n) is 2.05. The second kappa shape index (κ2) is 4.81. The summed E-state index contributed by atoms with van der Waals surface area (Å²) in [7, 11) is 0. The fourth-order valence-electron chi connectivity index (χ4n) is 1.29. The highest BCUT2D eigenvalue weighted by molar-refractivity contribution is 6.35. The average Bonchev–Trinajstić information content (AvgIpc) is 2.09. The van der Waals surface area contributed by atoms with Crippen molar-refractivity contribution in [3.63, 3.8) is 0 Å². The molecule has 1 aromatic rings. The maximum absolute atomic E-state index is 13.1. The van der Waals surface area contributed by atoms with E-state index in [2.05, 4.69) is 0 Å². The molecule has 0 radical (unpaired) electrons. The lowest BCUT2D eigenvalue weighted by Gasteiger charge is -2.11. The minimum absolute atomic E-state index is 0.0636. The lowest BCUT2D eigenvalue weighted by Crippen LogP contribution is -2.04. The highest BCUT2D eigenvalue weighted by Crippen LogP contribution is 2.31. The number of halogens is 3. The largest absolute Gasteiger partial charge is 0.481 e. The highest BCUT2D eigenvalue weighted by atomic mass is 35.5. The quantitative estimate of drug-likeness (QED) is 0.831. The van der Waals surface area contributed by atoms with Crippen molar-refractivity contribution in [3.05, 3.63) is 33.6 Å². The van der Waals surface area contributed by atoms with Crippen molar-refractivity contribution in [1.82, 2.24) is 0 Å². The fourth-order valence-corrected chi connectivity index (χ4v) is 1.86. The van der Waals surface area contributed by atoms with E-state index in [0.717, 1.165) is 0 Å². The molecule has 2 nitrogen and oxygen atoms in total. The molecule has 1 rings (SSSR count). The zero-order valence-electron chi connectivity index (χ0n) is 7.93. The summed E-state index contributed by atoms with van der Waals surface area (Å²) < 4.78 is 13.1. The molecule has 0 heterocycles. The molecule has 0 saturated heterocycles. The summed E-state index contributed by atoms with van der Waals surface area (Å²) in [5, 5.41) is 8.82. The molecule has 0 bridgehead atoms. The molecule has 15 heavy (non-hydrogen) atoms. The molecule has 5 heteroatoms. The van der Waals surface area contributed by atoms with Gasteiger partial charge in [-0.15, -0.1) is 0 Å². The Morgan fingerprint density at radius 1 is 1.47 bits per heavy atom. The predicted octanol–water partition coefficient (Wildman–Crippen LogP) is 3.71. The molecule has 1 N–H and O–H groups in total. The standard InChI is InChI=1S/C10H9Cl2FO2/c1-5(2-10(14)15)6-3-9(13)8(12)4-7(6)11/h3-5H,2H2,1H3,(H,14,15). The zero-order chi connectivity index (χ0) is 11.6. The molecule has 0 aliphatic carbocycles. The van der Waals surface area contributed by atoms with Gasteiger partial charge >= 0.3 is 5.97 Å². The first-order valence-corrected chi connectivity index (χ1v) is 5.03. The van der Waals surface area contributed by atoms with Crippen LogP contribution < -0.4 is 0 Å². The van der Waals surface area contributed by atoms with Crippen LogP contribution in [-0.2, 0) is 4.79 Å². The van der Waals surface area contributed by atoms with Gasteiger partial charge in [0, 0.05) is 5.02 Å². The molecule has 0 amide bonds. The number of benzene rings is 1. The Hall–Kier alpha value is -0.800. The number of carbonyl (C=O) groups is 1. The Labute approximate surface area is 96.6 Å². The zero-order valence-corrected chi connectivity index (χ0v) is 9.44. The molecule has 82 valence electrons. The first-order valence-electron chi connectivity index (χ1n) is 4.28. The van der Waals surface area contributed by atoms with Gasteiger partial charge in [0.1, 0.15) is 5.82 Å². The number of hydrogen-bond acceptors (Lipinski definition) is 1. The van der Waals surface area contributed by atoms with Gasteiger partial charge in [-0.05, 0) is 23.6 Å². The Kier molecular flexibility index (Phi) is 3.94. The molecule has 0 saturated carbocycles. The lowest BCUT2D eigenvalue weighted by molar-refractivity contribution is -0.137. The topological polar surface area (TPSA) is 37.3 Å². The van der Waals surface area contributed by atoms with Crippen molar-refractivity contribution in [2.45, 2.75) is 19.3 Å². The second-order valence-electron chi connectivity index (χ2n) is 3.29. The van der Waals surface area contributed by atoms with Crippen molar-refractivity contribution < 1.29 is 14.3 Å². The minimum atomic E-state index is -0.950. The summed E-state index contributed by atoms with van der Waals surface area (Å²) in [5.74, 6) is -1.89. The van der Waals surface area contributed by atoms with Crippen molar-refractivity contribution >= 4 is 29.2 Å². The Morgan fingerprint density at radius 2 is 2.07 bits per heavy atom. The van der Waals surface area contributed by atoms with E-state index in [-0.39, 0.29) is 22.4 Å². The third kappa shape index (κ3) is 3.08. The van der Waals surface area contributed by atoms with Gasteiger partial charge in [-0.1, -0.05) is 30.1 Å². The average molecular weight is 251 g/mol. The summed E-state index contributed by atoms with van der Waals surface area (Å²) in [6, 6.07) is 2.46.